The zero-order valence-electron chi connectivity index (χ0n) is 11.0. The fourth-order valence-corrected chi connectivity index (χ4v) is 3.32. The largest absolute Gasteiger partial charge is 0.353 e. The highest BCUT2D eigenvalue weighted by atomic mass is 79.9. The average Bonchev–Trinajstić information content (AvgIpc) is 2.43. The van der Waals surface area contributed by atoms with Crippen molar-refractivity contribution in [1.29, 1.82) is 0 Å². The molecule has 1 atom stereocenters. The molecule has 0 radical (unpaired) electrons. The molecule has 1 unspecified atom stereocenters. The fourth-order valence-electron chi connectivity index (χ4n) is 1.93. The minimum Gasteiger partial charge on any atom is -0.353 e. The van der Waals surface area contributed by atoms with E-state index >= 15 is 0 Å². The van der Waals surface area contributed by atoms with Crippen molar-refractivity contribution in [1.82, 2.24) is 0 Å². The number of hydrogen-bond acceptors (Lipinski definition) is 2. The van der Waals surface area contributed by atoms with E-state index in [0.29, 0.717) is 0 Å². The maximum absolute atomic E-state index is 5.70. The van der Waals surface area contributed by atoms with Crippen LogP contribution in [0.1, 0.15) is 44.9 Å². The second-order valence-electron chi connectivity index (χ2n) is 4.65. The Morgan fingerprint density at radius 2 is 2.00 bits per heavy atom. The van der Waals surface area contributed by atoms with Gasteiger partial charge in [-0.05, 0) is 38.5 Å². The van der Waals surface area contributed by atoms with Gasteiger partial charge in [0.1, 0.15) is 0 Å². The molecule has 0 N–H and O–H groups in total. The molecular weight excluding hydrogens is 360 g/mol. The third-order valence-electron chi connectivity index (χ3n) is 3.07. The van der Waals surface area contributed by atoms with Crippen molar-refractivity contribution in [2.75, 3.05) is 23.9 Å². The van der Waals surface area contributed by atoms with Gasteiger partial charge in [-0.3, -0.25) is 0 Å². The highest BCUT2D eigenvalue weighted by molar-refractivity contribution is 9.10. The molecule has 0 aromatic carbocycles. The topological polar surface area (TPSA) is 18.5 Å². The molecule has 0 bridgehead atoms. The monoisotopic (exact) mass is 382 g/mol. The van der Waals surface area contributed by atoms with Crippen molar-refractivity contribution >= 4 is 31.9 Å². The smallest absolute Gasteiger partial charge is 0.157 e. The molecule has 4 heteroatoms. The number of hydrogen-bond donors (Lipinski definition) is 0. The minimum atomic E-state index is 0.0760. The van der Waals surface area contributed by atoms with Crippen LogP contribution in [0.3, 0.4) is 0 Å². The maximum atomic E-state index is 5.70. The quantitative estimate of drug-likeness (QED) is 0.323. The van der Waals surface area contributed by atoms with E-state index in [4.69, 9.17) is 9.47 Å². The summed E-state index contributed by atoms with van der Waals surface area (Å²) in [6.45, 7) is 1.72. The van der Waals surface area contributed by atoms with Gasteiger partial charge in [0.05, 0.1) is 0 Å². The van der Waals surface area contributed by atoms with Gasteiger partial charge < -0.3 is 9.47 Å². The average molecular weight is 384 g/mol. The number of rotatable bonds is 9. The lowest BCUT2D eigenvalue weighted by Crippen LogP contribution is -2.22. The van der Waals surface area contributed by atoms with Crippen LogP contribution in [0.15, 0.2) is 11.6 Å². The van der Waals surface area contributed by atoms with Gasteiger partial charge >= 0.3 is 0 Å². The van der Waals surface area contributed by atoms with E-state index in [1.54, 1.807) is 0 Å². The summed E-state index contributed by atoms with van der Waals surface area (Å²) in [7, 11) is 0. The van der Waals surface area contributed by atoms with E-state index in [1.165, 1.54) is 37.7 Å². The van der Waals surface area contributed by atoms with Crippen LogP contribution in [0.25, 0.3) is 0 Å². The molecule has 2 nitrogen and oxygen atoms in total. The summed E-state index contributed by atoms with van der Waals surface area (Å²) in [5, 5.41) is 1.95. The zero-order valence-corrected chi connectivity index (χ0v) is 14.2. The Morgan fingerprint density at radius 3 is 2.67 bits per heavy atom. The van der Waals surface area contributed by atoms with Crippen LogP contribution in [0, 0.1) is 0 Å². The Morgan fingerprint density at radius 1 is 1.17 bits per heavy atom. The number of ether oxygens (including phenoxy) is 2. The molecule has 0 aromatic heterocycles. The van der Waals surface area contributed by atoms with Crippen LogP contribution in [0.2, 0.25) is 0 Å². The minimum absolute atomic E-state index is 0.0760. The molecule has 18 heavy (non-hydrogen) atoms. The third kappa shape index (κ3) is 7.93. The second kappa shape index (κ2) is 11.4. The van der Waals surface area contributed by atoms with E-state index < -0.39 is 0 Å². The molecule has 1 saturated heterocycles. The normalized spacial score (nSPS) is 19.8. The standard InChI is InChI=1S/C14H24Br2O2/c15-11-13(12-16)7-3-1-2-5-9-17-14-8-4-6-10-18-14/h7,14H,1-6,8-12H2. The van der Waals surface area contributed by atoms with Gasteiger partial charge in [-0.2, -0.15) is 0 Å². The van der Waals surface area contributed by atoms with Gasteiger partial charge in [0.2, 0.25) is 0 Å². The van der Waals surface area contributed by atoms with Crippen LogP contribution in [0.5, 0.6) is 0 Å². The lowest BCUT2D eigenvalue weighted by Gasteiger charge is -2.22. The predicted molar refractivity (Wildman–Crippen MR) is 83.7 cm³/mol. The first-order chi connectivity index (χ1) is 8.86. The summed E-state index contributed by atoms with van der Waals surface area (Å²) in [5.41, 5.74) is 1.43. The first-order valence-electron chi connectivity index (χ1n) is 6.90. The van der Waals surface area contributed by atoms with E-state index in [0.717, 1.165) is 36.7 Å². The molecule has 0 amide bonds. The molecule has 1 aliphatic rings. The highest BCUT2D eigenvalue weighted by Crippen LogP contribution is 2.14. The van der Waals surface area contributed by atoms with E-state index in [-0.39, 0.29) is 6.29 Å². The maximum Gasteiger partial charge on any atom is 0.157 e. The van der Waals surface area contributed by atoms with Crippen LogP contribution < -0.4 is 0 Å². The summed E-state index contributed by atoms with van der Waals surface area (Å²) < 4.78 is 11.2. The van der Waals surface area contributed by atoms with Gasteiger partial charge in [-0.1, -0.05) is 49.9 Å². The first kappa shape index (κ1) is 16.7. The number of unbranched alkanes of at least 4 members (excludes halogenated alkanes) is 3. The number of halogens is 2. The molecule has 1 heterocycles. The third-order valence-corrected chi connectivity index (χ3v) is 4.51. The van der Waals surface area contributed by atoms with Crippen molar-refractivity contribution in [3.63, 3.8) is 0 Å². The lowest BCUT2D eigenvalue weighted by atomic mass is 10.1. The zero-order chi connectivity index (χ0) is 13.1. The van der Waals surface area contributed by atoms with Crippen molar-refractivity contribution in [2.45, 2.75) is 51.2 Å². The molecule has 1 fully saturated rings. The predicted octanol–water partition coefficient (Wildman–Crippen LogP) is 4.81. The van der Waals surface area contributed by atoms with Crippen LogP contribution >= 0.6 is 31.9 Å². The Balaban J connectivity index is 1.90. The van der Waals surface area contributed by atoms with Crippen LogP contribution in [-0.4, -0.2) is 30.2 Å². The lowest BCUT2D eigenvalue weighted by molar-refractivity contribution is -0.162. The van der Waals surface area contributed by atoms with Gasteiger partial charge in [0.25, 0.3) is 0 Å². The molecule has 0 aromatic rings. The molecule has 0 spiro atoms. The molecule has 0 aliphatic carbocycles. The molecule has 1 aliphatic heterocycles. The van der Waals surface area contributed by atoms with Gasteiger partial charge in [-0.25, -0.2) is 0 Å². The van der Waals surface area contributed by atoms with Crippen molar-refractivity contribution in [2.24, 2.45) is 0 Å². The van der Waals surface area contributed by atoms with Crippen LogP contribution in [-0.2, 0) is 9.47 Å². The second-order valence-corrected chi connectivity index (χ2v) is 5.77. The Kier molecular flexibility index (Phi) is 10.6. The molecule has 0 saturated carbocycles. The summed E-state index contributed by atoms with van der Waals surface area (Å²) in [5.74, 6) is 0. The van der Waals surface area contributed by atoms with Crippen molar-refractivity contribution < 1.29 is 9.47 Å². The van der Waals surface area contributed by atoms with Gasteiger partial charge in [-0.15, -0.1) is 0 Å². The number of allylic oxidation sites excluding steroid dienone is 2. The Labute approximate surface area is 128 Å². The molecule has 1 rings (SSSR count). The Hall–Kier alpha value is 0.620. The summed E-state index contributed by atoms with van der Waals surface area (Å²) in [6.07, 6.45) is 10.7. The molecular formula is C14H24Br2O2. The van der Waals surface area contributed by atoms with E-state index in [2.05, 4.69) is 37.9 Å². The molecule has 106 valence electrons. The van der Waals surface area contributed by atoms with Crippen molar-refractivity contribution in [3.05, 3.63) is 11.6 Å². The summed E-state index contributed by atoms with van der Waals surface area (Å²) in [6, 6.07) is 0. The summed E-state index contributed by atoms with van der Waals surface area (Å²) in [4.78, 5) is 0. The van der Waals surface area contributed by atoms with Crippen LogP contribution in [0.4, 0.5) is 0 Å². The fraction of sp³-hybridized carbons (Fsp3) is 0.857. The van der Waals surface area contributed by atoms with E-state index in [9.17, 15) is 0 Å². The van der Waals surface area contributed by atoms with Gasteiger partial charge in [0, 0.05) is 23.9 Å². The van der Waals surface area contributed by atoms with E-state index in [1.807, 2.05) is 0 Å². The van der Waals surface area contributed by atoms with Crippen molar-refractivity contribution in [3.8, 4) is 0 Å². The highest BCUT2D eigenvalue weighted by Gasteiger charge is 2.13. The number of alkyl halides is 2. The Bertz CT molecular complexity index is 220. The van der Waals surface area contributed by atoms with Gasteiger partial charge in [0.15, 0.2) is 6.29 Å². The summed E-state index contributed by atoms with van der Waals surface area (Å²) >= 11 is 6.96. The first-order valence-corrected chi connectivity index (χ1v) is 9.14. The SMILES string of the molecule is BrCC(=CCCCCCOC1CCCCO1)CBr.